The molecule has 1 aromatic carbocycles. The van der Waals surface area contributed by atoms with Gasteiger partial charge in [-0.3, -0.25) is 9.79 Å². The van der Waals surface area contributed by atoms with E-state index in [1.165, 1.54) is 0 Å². The summed E-state index contributed by atoms with van der Waals surface area (Å²) in [7, 11) is 3.57. The molecule has 0 aromatic heterocycles. The summed E-state index contributed by atoms with van der Waals surface area (Å²) in [6.45, 7) is 7.26. The number of anilines is 1. The number of nitrogens with one attached hydrogen (secondary N) is 2. The van der Waals surface area contributed by atoms with Gasteiger partial charge in [0.1, 0.15) is 0 Å². The number of hydrogen-bond acceptors (Lipinski definition) is 3. The summed E-state index contributed by atoms with van der Waals surface area (Å²) < 4.78 is 5.25. The Hall–Kier alpha value is -2.08. The molecule has 0 radical (unpaired) electrons. The number of methoxy groups -OCH3 is 1. The Morgan fingerprint density at radius 1 is 1.36 bits per heavy atom. The number of likely N-dealkylation sites (tertiary alicyclic amines) is 1. The van der Waals surface area contributed by atoms with Crippen molar-refractivity contribution in [2.45, 2.75) is 26.8 Å². The van der Waals surface area contributed by atoms with E-state index in [9.17, 15) is 4.79 Å². The summed E-state index contributed by atoms with van der Waals surface area (Å²) in [4.78, 5) is 18.4. The molecule has 1 heterocycles. The third-order valence-corrected chi connectivity index (χ3v) is 4.40. The number of nitrogens with zero attached hydrogens (tertiary/aromatic N) is 2. The minimum atomic E-state index is -0.0212. The third kappa shape index (κ3) is 5.74. The highest BCUT2D eigenvalue weighted by Crippen LogP contribution is 2.16. The topological polar surface area (TPSA) is 66.0 Å². The number of amides is 1. The van der Waals surface area contributed by atoms with E-state index in [-0.39, 0.29) is 11.8 Å². The molecule has 2 N–H and O–H groups in total. The summed E-state index contributed by atoms with van der Waals surface area (Å²) in [6, 6.07) is 7.91. The number of rotatable bonds is 6. The molecule has 1 aliphatic heterocycles. The van der Waals surface area contributed by atoms with Crippen molar-refractivity contribution in [1.82, 2.24) is 10.2 Å². The normalized spacial score (nSPS) is 17.9. The lowest BCUT2D eigenvalue weighted by molar-refractivity contribution is -0.118. The monoisotopic (exact) mass is 346 g/mol. The second kappa shape index (κ2) is 9.42. The van der Waals surface area contributed by atoms with E-state index in [1.54, 1.807) is 7.11 Å². The molecule has 0 aliphatic carbocycles. The summed E-state index contributed by atoms with van der Waals surface area (Å²) in [6.07, 6.45) is 1.14. The van der Waals surface area contributed by atoms with Crippen LogP contribution in [-0.2, 0) is 16.1 Å². The Morgan fingerprint density at radius 3 is 2.68 bits per heavy atom. The van der Waals surface area contributed by atoms with Gasteiger partial charge in [0.2, 0.25) is 5.91 Å². The molecule has 1 amide bonds. The third-order valence-electron chi connectivity index (χ3n) is 4.40. The van der Waals surface area contributed by atoms with Crippen LogP contribution in [0, 0.1) is 11.8 Å². The Balaban J connectivity index is 1.84. The molecule has 2 rings (SSSR count). The summed E-state index contributed by atoms with van der Waals surface area (Å²) in [5.74, 6) is 1.51. The average Bonchev–Trinajstić information content (AvgIpc) is 3.05. The van der Waals surface area contributed by atoms with Crippen LogP contribution in [0.5, 0.6) is 0 Å². The fourth-order valence-corrected chi connectivity index (χ4v) is 2.90. The van der Waals surface area contributed by atoms with Crippen LogP contribution in [0.4, 0.5) is 5.69 Å². The van der Waals surface area contributed by atoms with E-state index >= 15 is 0 Å². The molecule has 1 unspecified atom stereocenters. The molecule has 0 bridgehead atoms. The van der Waals surface area contributed by atoms with E-state index in [1.807, 2.05) is 45.2 Å². The van der Waals surface area contributed by atoms with Gasteiger partial charge in [0.05, 0.1) is 6.61 Å². The second-order valence-electron chi connectivity index (χ2n) is 6.80. The van der Waals surface area contributed by atoms with Gasteiger partial charge in [0.25, 0.3) is 0 Å². The van der Waals surface area contributed by atoms with Crippen LogP contribution in [-0.4, -0.2) is 50.6 Å². The predicted molar refractivity (Wildman–Crippen MR) is 102 cm³/mol. The first-order valence-electron chi connectivity index (χ1n) is 8.87. The van der Waals surface area contributed by atoms with Crippen LogP contribution in [0.1, 0.15) is 25.8 Å². The fraction of sp³-hybridized carbons (Fsp3) is 0.579. The molecular formula is C19H30N4O2. The largest absolute Gasteiger partial charge is 0.384 e. The average molecular weight is 346 g/mol. The van der Waals surface area contributed by atoms with Gasteiger partial charge in [-0.2, -0.15) is 0 Å². The number of ether oxygens (including phenoxy) is 1. The van der Waals surface area contributed by atoms with Crippen molar-refractivity contribution in [2.24, 2.45) is 16.8 Å². The smallest absolute Gasteiger partial charge is 0.226 e. The van der Waals surface area contributed by atoms with Crippen molar-refractivity contribution < 1.29 is 9.53 Å². The first-order chi connectivity index (χ1) is 12.0. The highest BCUT2D eigenvalue weighted by molar-refractivity contribution is 5.92. The lowest BCUT2D eigenvalue weighted by Crippen LogP contribution is -2.39. The van der Waals surface area contributed by atoms with Crippen molar-refractivity contribution in [3.05, 3.63) is 29.8 Å². The fourth-order valence-electron chi connectivity index (χ4n) is 2.90. The molecule has 1 fully saturated rings. The van der Waals surface area contributed by atoms with Crippen LogP contribution in [0.15, 0.2) is 29.3 Å². The van der Waals surface area contributed by atoms with Crippen molar-refractivity contribution >= 4 is 17.6 Å². The van der Waals surface area contributed by atoms with Gasteiger partial charge in [-0.1, -0.05) is 26.0 Å². The van der Waals surface area contributed by atoms with Crippen LogP contribution in [0.2, 0.25) is 0 Å². The molecule has 1 saturated heterocycles. The lowest BCUT2D eigenvalue weighted by Gasteiger charge is -2.21. The Bertz CT molecular complexity index is 584. The molecule has 6 heteroatoms. The Morgan fingerprint density at radius 2 is 2.08 bits per heavy atom. The molecular weight excluding hydrogens is 316 g/mol. The second-order valence-corrected chi connectivity index (χ2v) is 6.80. The van der Waals surface area contributed by atoms with Crippen molar-refractivity contribution in [1.29, 1.82) is 0 Å². The number of aliphatic imine (C=N–C) groups is 1. The molecule has 1 aromatic rings. The molecule has 0 spiro atoms. The van der Waals surface area contributed by atoms with E-state index in [4.69, 9.17) is 4.74 Å². The van der Waals surface area contributed by atoms with Gasteiger partial charge in [-0.15, -0.1) is 0 Å². The van der Waals surface area contributed by atoms with Crippen LogP contribution >= 0.6 is 0 Å². The zero-order valence-corrected chi connectivity index (χ0v) is 15.7. The van der Waals surface area contributed by atoms with Crippen molar-refractivity contribution in [3.63, 3.8) is 0 Å². The summed E-state index contributed by atoms with van der Waals surface area (Å²) in [5, 5.41) is 6.32. The van der Waals surface area contributed by atoms with E-state index < -0.39 is 0 Å². The summed E-state index contributed by atoms with van der Waals surface area (Å²) in [5.41, 5.74) is 1.98. The van der Waals surface area contributed by atoms with Gasteiger partial charge in [-0.25, -0.2) is 0 Å². The molecule has 0 saturated carbocycles. The maximum Gasteiger partial charge on any atom is 0.226 e. The van der Waals surface area contributed by atoms with E-state index in [0.29, 0.717) is 12.5 Å². The zero-order chi connectivity index (χ0) is 18.2. The van der Waals surface area contributed by atoms with Gasteiger partial charge in [0, 0.05) is 51.3 Å². The number of carbonyl (C=O) groups is 1. The first kappa shape index (κ1) is 19.2. The Labute approximate surface area is 150 Å². The maximum absolute atomic E-state index is 11.7. The maximum atomic E-state index is 11.7. The quantitative estimate of drug-likeness (QED) is 0.613. The first-order valence-corrected chi connectivity index (χ1v) is 8.87. The van der Waals surface area contributed by atoms with Crippen LogP contribution < -0.4 is 10.6 Å². The molecule has 1 aliphatic rings. The Kier molecular flexibility index (Phi) is 7.25. The minimum Gasteiger partial charge on any atom is -0.384 e. The lowest BCUT2D eigenvalue weighted by atomic mass is 10.1. The standard InChI is InChI=1S/C19H30N4O2/c1-14(2)18(24)22-17-7-5-15(6-8-17)11-21-19(20-3)23-10-9-16(12-23)13-25-4/h5-8,14,16H,9-13H2,1-4H3,(H,20,21)(H,22,24). The summed E-state index contributed by atoms with van der Waals surface area (Å²) >= 11 is 0. The number of hydrogen-bond donors (Lipinski definition) is 2. The van der Waals surface area contributed by atoms with Crippen molar-refractivity contribution in [3.8, 4) is 0 Å². The highest BCUT2D eigenvalue weighted by atomic mass is 16.5. The van der Waals surface area contributed by atoms with Gasteiger partial charge >= 0.3 is 0 Å². The number of guanidine groups is 1. The highest BCUT2D eigenvalue weighted by Gasteiger charge is 2.24. The minimum absolute atomic E-state index is 0.0212. The van der Waals surface area contributed by atoms with Crippen molar-refractivity contribution in [2.75, 3.05) is 39.2 Å². The molecule has 25 heavy (non-hydrogen) atoms. The van der Waals surface area contributed by atoms with Crippen LogP contribution in [0.3, 0.4) is 0 Å². The number of carbonyl (C=O) groups excluding carboxylic acids is 1. The SMILES string of the molecule is CN=C(NCc1ccc(NC(=O)C(C)C)cc1)N1CCC(COC)C1. The molecule has 6 nitrogen and oxygen atoms in total. The van der Waals surface area contributed by atoms with Gasteiger partial charge < -0.3 is 20.3 Å². The van der Waals surface area contributed by atoms with E-state index in [2.05, 4.69) is 20.5 Å². The van der Waals surface area contributed by atoms with E-state index in [0.717, 1.165) is 43.3 Å². The number of benzene rings is 1. The van der Waals surface area contributed by atoms with Gasteiger partial charge in [-0.05, 0) is 24.1 Å². The molecule has 1 atom stereocenters. The van der Waals surface area contributed by atoms with Gasteiger partial charge in [0.15, 0.2) is 5.96 Å². The van der Waals surface area contributed by atoms with Crippen LogP contribution in [0.25, 0.3) is 0 Å². The molecule has 138 valence electrons. The predicted octanol–water partition coefficient (Wildman–Crippen LogP) is 2.32. The zero-order valence-electron chi connectivity index (χ0n) is 15.7.